The van der Waals surface area contributed by atoms with Gasteiger partial charge < -0.3 is 0 Å². The smallest absolute Gasteiger partial charge is 0.0682 e. The maximum Gasteiger partial charge on any atom is 0.0682 e. The van der Waals surface area contributed by atoms with Crippen molar-refractivity contribution in [1.82, 2.24) is 4.98 Å². The molecule has 0 atom stereocenters. The van der Waals surface area contributed by atoms with E-state index in [1.54, 1.807) is 0 Å². The van der Waals surface area contributed by atoms with Crippen molar-refractivity contribution in [3.63, 3.8) is 0 Å². The Balaban J connectivity index is 2.46. The van der Waals surface area contributed by atoms with Gasteiger partial charge in [-0.1, -0.05) is 36.9 Å². The van der Waals surface area contributed by atoms with E-state index >= 15 is 0 Å². The number of rotatable bonds is 2. The van der Waals surface area contributed by atoms with Gasteiger partial charge in [-0.3, -0.25) is 4.98 Å². The molecule has 0 spiro atoms. The highest BCUT2D eigenvalue weighted by molar-refractivity contribution is 5.67. The molecular weight excluding hydrogens is 194 g/mol. The maximum absolute atomic E-state index is 4.45. The summed E-state index contributed by atoms with van der Waals surface area (Å²) in [5.41, 5.74) is 5.54. The molecule has 0 N–H and O–H groups in total. The average molecular weight is 209 g/mol. The van der Waals surface area contributed by atoms with Crippen LogP contribution in [0.2, 0.25) is 0 Å². The Morgan fingerprint density at radius 3 is 2.38 bits per heavy atom. The second-order valence-electron chi connectivity index (χ2n) is 4.04. The van der Waals surface area contributed by atoms with Gasteiger partial charge in [0, 0.05) is 11.8 Å². The molecule has 2 aromatic rings. The van der Waals surface area contributed by atoms with Crippen molar-refractivity contribution in [1.29, 1.82) is 0 Å². The molecule has 0 aliphatic carbocycles. The predicted molar refractivity (Wildman–Crippen MR) is 69.1 cm³/mol. The first-order valence-electron chi connectivity index (χ1n) is 5.36. The first kappa shape index (κ1) is 10.6. The Kier molecular flexibility index (Phi) is 2.86. The fourth-order valence-electron chi connectivity index (χ4n) is 1.81. The summed E-state index contributed by atoms with van der Waals surface area (Å²) in [6.07, 6.45) is 1.91. The normalized spacial score (nSPS) is 10.1. The molecule has 80 valence electrons. The van der Waals surface area contributed by atoms with Crippen LogP contribution in [0.25, 0.3) is 16.7 Å². The summed E-state index contributed by atoms with van der Waals surface area (Å²) in [5, 5.41) is 0. The second-order valence-corrected chi connectivity index (χ2v) is 4.04. The van der Waals surface area contributed by atoms with Gasteiger partial charge in [-0.05, 0) is 36.6 Å². The molecule has 0 aliphatic heterocycles. The number of pyridine rings is 1. The van der Waals surface area contributed by atoms with Crippen LogP contribution in [-0.2, 0) is 0 Å². The number of aryl methyl sites for hydroxylation is 1. The van der Waals surface area contributed by atoms with Crippen LogP contribution >= 0.6 is 0 Å². The minimum absolute atomic E-state index is 1.000. The first-order valence-corrected chi connectivity index (χ1v) is 5.36. The van der Waals surface area contributed by atoms with Crippen molar-refractivity contribution in [2.24, 2.45) is 0 Å². The van der Waals surface area contributed by atoms with Crippen LogP contribution in [0.15, 0.2) is 49.2 Å². The zero-order chi connectivity index (χ0) is 11.5. The lowest BCUT2D eigenvalue weighted by molar-refractivity contribution is 1.22. The van der Waals surface area contributed by atoms with E-state index in [1.165, 1.54) is 11.1 Å². The summed E-state index contributed by atoms with van der Waals surface area (Å²) >= 11 is 0. The van der Waals surface area contributed by atoms with Crippen LogP contribution < -0.4 is 0 Å². The van der Waals surface area contributed by atoms with E-state index in [1.807, 2.05) is 31.3 Å². The molecule has 1 heteroatoms. The third kappa shape index (κ3) is 2.03. The van der Waals surface area contributed by atoms with Gasteiger partial charge in [0.1, 0.15) is 0 Å². The summed E-state index contributed by atoms with van der Waals surface area (Å²) in [5.74, 6) is 0. The summed E-state index contributed by atoms with van der Waals surface area (Å²) in [6.45, 7) is 7.98. The van der Waals surface area contributed by atoms with E-state index in [2.05, 4.69) is 36.7 Å². The van der Waals surface area contributed by atoms with E-state index in [-0.39, 0.29) is 0 Å². The molecule has 2 rings (SSSR count). The summed E-state index contributed by atoms with van der Waals surface area (Å²) in [4.78, 5) is 4.45. The van der Waals surface area contributed by atoms with Crippen LogP contribution in [0.4, 0.5) is 0 Å². The van der Waals surface area contributed by atoms with E-state index in [0.717, 1.165) is 16.8 Å². The van der Waals surface area contributed by atoms with Crippen molar-refractivity contribution < 1.29 is 0 Å². The summed E-state index contributed by atoms with van der Waals surface area (Å²) in [7, 11) is 0. The van der Waals surface area contributed by atoms with Crippen molar-refractivity contribution >= 4 is 5.57 Å². The van der Waals surface area contributed by atoms with E-state index in [4.69, 9.17) is 0 Å². The highest BCUT2D eigenvalue weighted by atomic mass is 14.7. The Labute approximate surface area is 96.5 Å². The lowest BCUT2D eigenvalue weighted by Gasteiger charge is -2.07. The van der Waals surface area contributed by atoms with Gasteiger partial charge in [0.15, 0.2) is 0 Å². The molecule has 1 aromatic carbocycles. The van der Waals surface area contributed by atoms with Gasteiger partial charge in [0.25, 0.3) is 0 Å². The maximum atomic E-state index is 4.45. The lowest BCUT2D eigenvalue weighted by Crippen LogP contribution is -1.91. The SMILES string of the molecule is C=C(C)c1ncc(-c2ccccc2)cc1C. The fraction of sp³-hybridized carbons (Fsp3) is 0.133. The van der Waals surface area contributed by atoms with Crippen molar-refractivity contribution in [2.75, 3.05) is 0 Å². The van der Waals surface area contributed by atoms with Crippen LogP contribution in [-0.4, -0.2) is 4.98 Å². The zero-order valence-corrected chi connectivity index (χ0v) is 9.70. The van der Waals surface area contributed by atoms with Gasteiger partial charge in [-0.15, -0.1) is 0 Å². The molecule has 0 saturated heterocycles. The highest BCUT2D eigenvalue weighted by Gasteiger charge is 2.03. The Morgan fingerprint density at radius 1 is 1.12 bits per heavy atom. The fourth-order valence-corrected chi connectivity index (χ4v) is 1.81. The Bertz CT molecular complexity index is 512. The third-order valence-corrected chi connectivity index (χ3v) is 2.59. The zero-order valence-electron chi connectivity index (χ0n) is 9.70. The highest BCUT2D eigenvalue weighted by Crippen LogP contribution is 2.22. The molecule has 16 heavy (non-hydrogen) atoms. The molecule has 0 saturated carbocycles. The Morgan fingerprint density at radius 2 is 1.81 bits per heavy atom. The van der Waals surface area contributed by atoms with E-state index in [9.17, 15) is 0 Å². The molecule has 0 bridgehead atoms. The average Bonchev–Trinajstić information content (AvgIpc) is 2.29. The number of benzene rings is 1. The van der Waals surface area contributed by atoms with Crippen molar-refractivity contribution in [2.45, 2.75) is 13.8 Å². The van der Waals surface area contributed by atoms with Crippen LogP contribution in [0, 0.1) is 6.92 Å². The second kappa shape index (κ2) is 4.31. The quantitative estimate of drug-likeness (QED) is 0.726. The van der Waals surface area contributed by atoms with Crippen molar-refractivity contribution in [3.05, 3.63) is 60.4 Å². The monoisotopic (exact) mass is 209 g/mol. The van der Waals surface area contributed by atoms with Crippen LogP contribution in [0.1, 0.15) is 18.2 Å². The minimum Gasteiger partial charge on any atom is -0.256 e. The molecule has 0 unspecified atom stereocenters. The molecular formula is C15H15N. The first-order chi connectivity index (χ1) is 7.68. The van der Waals surface area contributed by atoms with Gasteiger partial charge in [0.05, 0.1) is 5.69 Å². The van der Waals surface area contributed by atoms with Gasteiger partial charge in [-0.2, -0.15) is 0 Å². The van der Waals surface area contributed by atoms with Gasteiger partial charge in [-0.25, -0.2) is 0 Å². The standard InChI is InChI=1S/C15H15N/c1-11(2)15-12(3)9-14(10-16-15)13-7-5-4-6-8-13/h4-10H,1H2,2-3H3. The van der Waals surface area contributed by atoms with Crippen LogP contribution in [0.3, 0.4) is 0 Å². The topological polar surface area (TPSA) is 12.9 Å². The Hall–Kier alpha value is -1.89. The van der Waals surface area contributed by atoms with Crippen LogP contribution in [0.5, 0.6) is 0 Å². The van der Waals surface area contributed by atoms with Gasteiger partial charge >= 0.3 is 0 Å². The van der Waals surface area contributed by atoms with E-state index < -0.39 is 0 Å². The van der Waals surface area contributed by atoms with E-state index in [0.29, 0.717) is 0 Å². The van der Waals surface area contributed by atoms with Crippen molar-refractivity contribution in [3.8, 4) is 11.1 Å². The largest absolute Gasteiger partial charge is 0.256 e. The number of hydrogen-bond donors (Lipinski definition) is 0. The molecule has 1 heterocycles. The number of nitrogens with zero attached hydrogens (tertiary/aromatic N) is 1. The number of aromatic nitrogens is 1. The number of hydrogen-bond acceptors (Lipinski definition) is 1. The molecule has 1 nitrogen and oxygen atoms in total. The molecule has 1 aromatic heterocycles. The summed E-state index contributed by atoms with van der Waals surface area (Å²) in [6, 6.07) is 12.4. The molecule has 0 fully saturated rings. The van der Waals surface area contributed by atoms with Gasteiger partial charge in [0.2, 0.25) is 0 Å². The minimum atomic E-state index is 1.000. The summed E-state index contributed by atoms with van der Waals surface area (Å²) < 4.78 is 0. The number of allylic oxidation sites excluding steroid dienone is 1. The molecule has 0 amide bonds. The third-order valence-electron chi connectivity index (χ3n) is 2.59. The molecule has 0 radical (unpaired) electrons. The predicted octanol–water partition coefficient (Wildman–Crippen LogP) is 4.09. The molecule has 0 aliphatic rings. The lowest BCUT2D eigenvalue weighted by atomic mass is 10.0.